The van der Waals surface area contributed by atoms with Crippen LogP contribution in [0.1, 0.15) is 27.2 Å². The highest BCUT2D eigenvalue weighted by molar-refractivity contribution is 4.87. The molecule has 2 N–H and O–H groups in total. The van der Waals surface area contributed by atoms with Crippen molar-refractivity contribution in [1.82, 2.24) is 10.2 Å². The molecule has 1 rings (SSSR count). The Morgan fingerprint density at radius 2 is 2.14 bits per heavy atom. The molecule has 1 heterocycles. The Labute approximate surface area is 87.5 Å². The highest BCUT2D eigenvalue weighted by Crippen LogP contribution is 2.20. The van der Waals surface area contributed by atoms with Crippen molar-refractivity contribution in [1.29, 1.82) is 0 Å². The maximum atomic E-state index is 9.00. The van der Waals surface area contributed by atoms with Crippen molar-refractivity contribution in [3.63, 3.8) is 0 Å². The standard InChI is InChI=1S/C11H24N2O/c1-8-6-13(4)10(3)5-11(8)12-9(2)7-14/h8-12,14H,5-7H2,1-4H3/t8?,9-,10?,11?/m1/s1. The van der Waals surface area contributed by atoms with Gasteiger partial charge in [0, 0.05) is 24.7 Å². The van der Waals surface area contributed by atoms with Gasteiger partial charge in [0.1, 0.15) is 0 Å². The Kier molecular flexibility index (Phi) is 4.35. The molecule has 0 radical (unpaired) electrons. The fraction of sp³-hybridized carbons (Fsp3) is 1.00. The van der Waals surface area contributed by atoms with Crippen LogP contribution in [0.2, 0.25) is 0 Å². The van der Waals surface area contributed by atoms with Crippen LogP contribution >= 0.6 is 0 Å². The summed E-state index contributed by atoms with van der Waals surface area (Å²) in [5.74, 6) is 0.671. The number of hydrogen-bond acceptors (Lipinski definition) is 3. The smallest absolute Gasteiger partial charge is 0.0582 e. The quantitative estimate of drug-likeness (QED) is 0.703. The number of rotatable bonds is 3. The zero-order valence-corrected chi connectivity index (χ0v) is 9.83. The van der Waals surface area contributed by atoms with E-state index in [1.165, 1.54) is 6.42 Å². The number of piperidine rings is 1. The van der Waals surface area contributed by atoms with Gasteiger partial charge in [-0.1, -0.05) is 6.92 Å². The molecule has 0 spiro atoms. The zero-order valence-electron chi connectivity index (χ0n) is 9.83. The maximum Gasteiger partial charge on any atom is 0.0582 e. The van der Waals surface area contributed by atoms with Gasteiger partial charge in [-0.3, -0.25) is 0 Å². The third-order valence-electron chi connectivity index (χ3n) is 3.38. The molecule has 84 valence electrons. The van der Waals surface area contributed by atoms with Gasteiger partial charge >= 0.3 is 0 Å². The number of aliphatic hydroxyl groups excluding tert-OH is 1. The number of nitrogens with zero attached hydrogens (tertiary/aromatic N) is 1. The Morgan fingerprint density at radius 1 is 1.50 bits per heavy atom. The van der Waals surface area contributed by atoms with E-state index in [2.05, 4.69) is 31.1 Å². The van der Waals surface area contributed by atoms with Crippen molar-refractivity contribution in [3.8, 4) is 0 Å². The Balaban J connectivity index is 2.44. The van der Waals surface area contributed by atoms with E-state index in [0.717, 1.165) is 6.54 Å². The first-order valence-corrected chi connectivity index (χ1v) is 5.61. The number of aliphatic hydroxyl groups is 1. The Hall–Kier alpha value is -0.120. The minimum atomic E-state index is 0.220. The van der Waals surface area contributed by atoms with Crippen LogP contribution in [-0.2, 0) is 0 Å². The molecule has 14 heavy (non-hydrogen) atoms. The van der Waals surface area contributed by atoms with Crippen molar-refractivity contribution >= 4 is 0 Å². The Morgan fingerprint density at radius 3 is 2.71 bits per heavy atom. The molecule has 0 aromatic heterocycles. The third-order valence-corrected chi connectivity index (χ3v) is 3.38. The molecule has 3 nitrogen and oxygen atoms in total. The minimum Gasteiger partial charge on any atom is -0.395 e. The summed E-state index contributed by atoms with van der Waals surface area (Å²) < 4.78 is 0. The summed E-state index contributed by atoms with van der Waals surface area (Å²) in [5, 5.41) is 12.5. The van der Waals surface area contributed by atoms with Crippen molar-refractivity contribution in [2.75, 3.05) is 20.2 Å². The van der Waals surface area contributed by atoms with Crippen LogP contribution in [0.15, 0.2) is 0 Å². The summed E-state index contributed by atoms with van der Waals surface area (Å²) in [5.41, 5.74) is 0. The van der Waals surface area contributed by atoms with Gasteiger partial charge in [0.05, 0.1) is 6.61 Å². The van der Waals surface area contributed by atoms with Crippen molar-refractivity contribution in [3.05, 3.63) is 0 Å². The molecule has 0 amide bonds. The molecule has 0 saturated carbocycles. The van der Waals surface area contributed by atoms with Crippen LogP contribution in [0.5, 0.6) is 0 Å². The molecule has 3 unspecified atom stereocenters. The third kappa shape index (κ3) is 2.94. The molecule has 0 bridgehead atoms. The number of nitrogens with one attached hydrogen (secondary N) is 1. The maximum absolute atomic E-state index is 9.00. The van der Waals surface area contributed by atoms with Gasteiger partial charge in [0.15, 0.2) is 0 Å². The van der Waals surface area contributed by atoms with Gasteiger partial charge in [-0.15, -0.1) is 0 Å². The largest absolute Gasteiger partial charge is 0.395 e. The lowest BCUT2D eigenvalue weighted by Crippen LogP contribution is -2.53. The lowest BCUT2D eigenvalue weighted by atomic mass is 9.89. The van der Waals surface area contributed by atoms with Gasteiger partial charge in [-0.05, 0) is 33.2 Å². The first-order chi connectivity index (χ1) is 6.54. The summed E-state index contributed by atoms with van der Waals surface area (Å²) in [4.78, 5) is 2.41. The molecule has 1 aliphatic rings. The molecule has 1 aliphatic heterocycles. The molecule has 0 aromatic rings. The van der Waals surface area contributed by atoms with Crippen LogP contribution in [0.3, 0.4) is 0 Å². The molecule has 0 aromatic carbocycles. The topological polar surface area (TPSA) is 35.5 Å². The predicted octanol–water partition coefficient (Wildman–Crippen LogP) is 0.685. The molecule has 1 fully saturated rings. The molecular formula is C11H24N2O. The second-order valence-electron chi connectivity index (χ2n) is 4.86. The SMILES string of the molecule is CC1CN(C)C(C)CC1N[C@H](C)CO. The van der Waals surface area contributed by atoms with E-state index in [1.807, 2.05) is 6.92 Å². The van der Waals surface area contributed by atoms with Crippen molar-refractivity contribution in [2.24, 2.45) is 5.92 Å². The van der Waals surface area contributed by atoms with Gasteiger partial charge < -0.3 is 15.3 Å². The monoisotopic (exact) mass is 200 g/mol. The number of likely N-dealkylation sites (tertiary alicyclic amines) is 1. The van der Waals surface area contributed by atoms with Crippen molar-refractivity contribution in [2.45, 2.75) is 45.3 Å². The van der Waals surface area contributed by atoms with Crippen molar-refractivity contribution < 1.29 is 5.11 Å². The van der Waals surface area contributed by atoms with Crippen LogP contribution in [0.4, 0.5) is 0 Å². The highest BCUT2D eigenvalue weighted by Gasteiger charge is 2.29. The lowest BCUT2D eigenvalue weighted by Gasteiger charge is -2.41. The predicted molar refractivity (Wildman–Crippen MR) is 59.3 cm³/mol. The van der Waals surface area contributed by atoms with Crippen LogP contribution in [0.25, 0.3) is 0 Å². The average Bonchev–Trinajstić information content (AvgIpc) is 2.14. The van der Waals surface area contributed by atoms with E-state index in [1.54, 1.807) is 0 Å². The zero-order chi connectivity index (χ0) is 10.7. The number of hydrogen-bond donors (Lipinski definition) is 2. The van der Waals surface area contributed by atoms with Gasteiger partial charge in [0.2, 0.25) is 0 Å². The van der Waals surface area contributed by atoms with E-state index >= 15 is 0 Å². The second kappa shape index (κ2) is 5.10. The van der Waals surface area contributed by atoms with Crippen LogP contribution in [0, 0.1) is 5.92 Å². The summed E-state index contributed by atoms with van der Waals surface area (Å²) >= 11 is 0. The normalized spacial score (nSPS) is 37.1. The molecular weight excluding hydrogens is 176 g/mol. The fourth-order valence-electron chi connectivity index (χ4n) is 2.19. The fourth-order valence-corrected chi connectivity index (χ4v) is 2.19. The highest BCUT2D eigenvalue weighted by atomic mass is 16.3. The van der Waals surface area contributed by atoms with E-state index < -0.39 is 0 Å². The first-order valence-electron chi connectivity index (χ1n) is 5.61. The van der Waals surface area contributed by atoms with Gasteiger partial charge in [-0.2, -0.15) is 0 Å². The summed E-state index contributed by atoms with van der Waals surface area (Å²) in [6.45, 7) is 7.97. The molecule has 1 saturated heterocycles. The second-order valence-corrected chi connectivity index (χ2v) is 4.86. The van der Waals surface area contributed by atoms with E-state index in [0.29, 0.717) is 18.0 Å². The summed E-state index contributed by atoms with van der Waals surface area (Å²) in [7, 11) is 2.19. The average molecular weight is 200 g/mol. The molecule has 3 heteroatoms. The van der Waals surface area contributed by atoms with E-state index in [4.69, 9.17) is 5.11 Å². The first kappa shape index (κ1) is 12.0. The van der Waals surface area contributed by atoms with Crippen LogP contribution < -0.4 is 5.32 Å². The van der Waals surface area contributed by atoms with E-state index in [9.17, 15) is 0 Å². The molecule has 0 aliphatic carbocycles. The van der Waals surface area contributed by atoms with Crippen LogP contribution in [-0.4, -0.2) is 48.3 Å². The molecule has 4 atom stereocenters. The summed E-state index contributed by atoms with van der Waals surface area (Å²) in [6.07, 6.45) is 1.18. The Bertz CT molecular complexity index is 173. The van der Waals surface area contributed by atoms with Gasteiger partial charge in [-0.25, -0.2) is 0 Å². The van der Waals surface area contributed by atoms with E-state index in [-0.39, 0.29) is 12.6 Å². The lowest BCUT2D eigenvalue weighted by molar-refractivity contribution is 0.109. The van der Waals surface area contributed by atoms with Gasteiger partial charge in [0.25, 0.3) is 0 Å². The summed E-state index contributed by atoms with van der Waals surface area (Å²) in [6, 6.07) is 1.43. The minimum absolute atomic E-state index is 0.220.